The maximum atomic E-state index is 13.4. The summed E-state index contributed by atoms with van der Waals surface area (Å²) in [6.07, 6.45) is 12.3. The lowest BCUT2D eigenvalue weighted by Gasteiger charge is -2.32. The highest BCUT2D eigenvalue weighted by molar-refractivity contribution is 5.94. The van der Waals surface area contributed by atoms with E-state index in [0.717, 1.165) is 36.7 Å². The van der Waals surface area contributed by atoms with Gasteiger partial charge in [0.2, 0.25) is 5.91 Å². The van der Waals surface area contributed by atoms with Gasteiger partial charge in [0.05, 0.1) is 23.8 Å². The van der Waals surface area contributed by atoms with Gasteiger partial charge in [-0.3, -0.25) is 19.1 Å². The fourth-order valence-electron chi connectivity index (χ4n) is 4.40. The molecule has 0 aromatic carbocycles. The summed E-state index contributed by atoms with van der Waals surface area (Å²) in [5.74, 6) is -0.255. The number of nitrogens with zero attached hydrogens (tertiary/aromatic N) is 3. The monoisotopic (exact) mass is 395 g/mol. The Labute approximate surface area is 171 Å². The van der Waals surface area contributed by atoms with Gasteiger partial charge in [0.25, 0.3) is 5.91 Å². The Morgan fingerprint density at radius 2 is 1.93 bits per heavy atom. The van der Waals surface area contributed by atoms with Crippen molar-refractivity contribution in [3.05, 3.63) is 53.5 Å². The first-order chi connectivity index (χ1) is 14.1. The molecule has 1 saturated heterocycles. The van der Waals surface area contributed by atoms with E-state index in [4.69, 9.17) is 9.41 Å². The molecule has 1 saturated carbocycles. The second-order valence-corrected chi connectivity index (χ2v) is 8.29. The molecule has 2 fully saturated rings. The van der Waals surface area contributed by atoms with Crippen LogP contribution >= 0.6 is 0 Å². The highest BCUT2D eigenvalue weighted by Gasteiger charge is 2.30. The molecule has 1 aliphatic heterocycles. The second kappa shape index (κ2) is 8.80. The molecule has 1 atom stereocenters. The van der Waals surface area contributed by atoms with Crippen LogP contribution < -0.4 is 5.49 Å². The molecule has 2 aromatic heterocycles. The number of hydrogen-bond acceptors (Lipinski definition) is 4. The Morgan fingerprint density at radius 3 is 2.69 bits per heavy atom. The zero-order chi connectivity index (χ0) is 20.2. The smallest absolute Gasteiger partial charge is 0.257 e. The predicted octanol–water partition coefficient (Wildman–Crippen LogP) is 3.82. The van der Waals surface area contributed by atoms with E-state index in [1.165, 1.54) is 31.8 Å². The van der Waals surface area contributed by atoms with Gasteiger partial charge in [0, 0.05) is 19.3 Å². The highest BCUT2D eigenvalue weighted by Crippen LogP contribution is 2.21. The van der Waals surface area contributed by atoms with Crippen LogP contribution in [0.5, 0.6) is 0 Å². The number of furan rings is 1. The van der Waals surface area contributed by atoms with Crippen molar-refractivity contribution in [2.75, 3.05) is 13.1 Å². The Hall–Kier alpha value is -2.63. The Balaban J connectivity index is 1.56. The van der Waals surface area contributed by atoms with Crippen LogP contribution in [0.15, 0.2) is 46.3 Å². The third kappa shape index (κ3) is 4.52. The van der Waals surface area contributed by atoms with E-state index in [9.17, 15) is 9.59 Å². The summed E-state index contributed by atoms with van der Waals surface area (Å²) in [7, 11) is 0. The molecule has 1 aliphatic carbocycles. The molecule has 3 heterocycles. The predicted molar refractivity (Wildman–Crippen MR) is 110 cm³/mol. The Kier molecular flexibility index (Phi) is 5.97. The van der Waals surface area contributed by atoms with Gasteiger partial charge in [-0.05, 0) is 56.4 Å². The zero-order valence-corrected chi connectivity index (χ0v) is 17.0. The number of hydrogen-bond donors (Lipinski definition) is 0. The number of carbonyl (C=O) groups excluding carboxylic acids is 2. The van der Waals surface area contributed by atoms with Crippen LogP contribution in [0.25, 0.3) is 0 Å². The van der Waals surface area contributed by atoms with Crippen molar-refractivity contribution in [2.45, 2.75) is 57.9 Å². The van der Waals surface area contributed by atoms with Crippen LogP contribution in [0.2, 0.25) is 0 Å². The van der Waals surface area contributed by atoms with Crippen molar-refractivity contribution in [2.24, 2.45) is 10.9 Å². The average molecular weight is 396 g/mol. The zero-order valence-electron chi connectivity index (χ0n) is 17.0. The lowest BCUT2D eigenvalue weighted by atomic mass is 9.96. The number of carbonyl (C=O) groups is 2. The van der Waals surface area contributed by atoms with E-state index in [1.807, 2.05) is 25.3 Å². The molecular weight excluding hydrogens is 366 g/mol. The minimum absolute atomic E-state index is 0.0317. The van der Waals surface area contributed by atoms with Crippen molar-refractivity contribution >= 4 is 11.8 Å². The van der Waals surface area contributed by atoms with Crippen LogP contribution in [-0.2, 0) is 0 Å². The molecule has 2 aromatic rings. The Bertz CT molecular complexity index is 923. The standard InChI is InChI=1S/C23H29N3O3/c1-17-9-12-26(21(14-17)24-20-7-3-2-4-8-20)23(28)18-6-5-11-25(15-18)22(27)19-10-13-29-16-19/h9-10,12-14,16,18,20H,2-8,11,15H2,1H3. The summed E-state index contributed by atoms with van der Waals surface area (Å²) >= 11 is 0. The molecule has 2 aliphatic rings. The molecule has 154 valence electrons. The number of aromatic nitrogens is 1. The van der Waals surface area contributed by atoms with E-state index in [2.05, 4.69) is 0 Å². The first-order valence-corrected chi connectivity index (χ1v) is 10.7. The fourth-order valence-corrected chi connectivity index (χ4v) is 4.40. The molecule has 6 heteroatoms. The number of rotatable bonds is 3. The highest BCUT2D eigenvalue weighted by atomic mass is 16.3. The van der Waals surface area contributed by atoms with E-state index in [-0.39, 0.29) is 17.7 Å². The number of likely N-dealkylation sites (tertiary alicyclic amines) is 1. The SMILES string of the molecule is Cc1ccn(C(=O)C2CCCN(C(=O)c3ccoc3)C2)c(=NC2CCCCC2)c1. The third-order valence-corrected chi connectivity index (χ3v) is 6.04. The second-order valence-electron chi connectivity index (χ2n) is 8.29. The summed E-state index contributed by atoms with van der Waals surface area (Å²) in [5, 5.41) is 0. The number of aryl methyl sites for hydroxylation is 1. The van der Waals surface area contributed by atoms with Gasteiger partial charge in [-0.2, -0.15) is 0 Å². The molecule has 29 heavy (non-hydrogen) atoms. The normalized spacial score (nSPS) is 21.3. The average Bonchev–Trinajstić information content (AvgIpc) is 3.29. The van der Waals surface area contributed by atoms with Gasteiger partial charge in [0.15, 0.2) is 0 Å². The van der Waals surface area contributed by atoms with Crippen LogP contribution in [-0.4, -0.2) is 40.4 Å². The van der Waals surface area contributed by atoms with Gasteiger partial charge in [-0.15, -0.1) is 0 Å². The van der Waals surface area contributed by atoms with Crippen molar-refractivity contribution in [1.82, 2.24) is 9.47 Å². The number of pyridine rings is 1. The maximum absolute atomic E-state index is 13.4. The Morgan fingerprint density at radius 1 is 1.10 bits per heavy atom. The molecule has 0 spiro atoms. The van der Waals surface area contributed by atoms with E-state index in [0.29, 0.717) is 24.7 Å². The minimum atomic E-state index is -0.215. The molecule has 4 rings (SSSR count). The van der Waals surface area contributed by atoms with E-state index >= 15 is 0 Å². The van der Waals surface area contributed by atoms with Crippen LogP contribution in [0.1, 0.15) is 65.7 Å². The van der Waals surface area contributed by atoms with Crippen molar-refractivity contribution in [3.63, 3.8) is 0 Å². The van der Waals surface area contributed by atoms with Gasteiger partial charge in [-0.25, -0.2) is 0 Å². The molecule has 6 nitrogen and oxygen atoms in total. The summed E-state index contributed by atoms with van der Waals surface area (Å²) in [4.78, 5) is 32.7. The molecule has 1 unspecified atom stereocenters. The fraction of sp³-hybridized carbons (Fsp3) is 0.522. The van der Waals surface area contributed by atoms with Gasteiger partial charge < -0.3 is 9.32 Å². The summed E-state index contributed by atoms with van der Waals surface area (Å²) in [6.45, 7) is 3.14. The first-order valence-electron chi connectivity index (χ1n) is 10.7. The van der Waals surface area contributed by atoms with Crippen LogP contribution in [0.4, 0.5) is 0 Å². The van der Waals surface area contributed by atoms with Gasteiger partial charge in [-0.1, -0.05) is 19.3 Å². The molecule has 0 radical (unpaired) electrons. The molecule has 0 N–H and O–H groups in total. The molecule has 1 amide bonds. The summed E-state index contributed by atoms with van der Waals surface area (Å²) in [6, 6.07) is 5.93. The van der Waals surface area contributed by atoms with E-state index < -0.39 is 0 Å². The largest absolute Gasteiger partial charge is 0.472 e. The van der Waals surface area contributed by atoms with Crippen molar-refractivity contribution < 1.29 is 14.0 Å². The number of amides is 1. The van der Waals surface area contributed by atoms with Crippen LogP contribution in [0, 0.1) is 12.8 Å². The van der Waals surface area contributed by atoms with Crippen molar-refractivity contribution in [3.8, 4) is 0 Å². The third-order valence-electron chi connectivity index (χ3n) is 6.04. The van der Waals surface area contributed by atoms with Gasteiger partial charge >= 0.3 is 0 Å². The lowest BCUT2D eigenvalue weighted by molar-refractivity contribution is 0.0602. The van der Waals surface area contributed by atoms with E-state index in [1.54, 1.807) is 15.5 Å². The van der Waals surface area contributed by atoms with Gasteiger partial charge in [0.1, 0.15) is 11.8 Å². The maximum Gasteiger partial charge on any atom is 0.257 e. The van der Waals surface area contributed by atoms with Crippen LogP contribution in [0.3, 0.4) is 0 Å². The summed E-state index contributed by atoms with van der Waals surface area (Å²) < 4.78 is 6.74. The lowest BCUT2D eigenvalue weighted by Crippen LogP contribution is -2.45. The minimum Gasteiger partial charge on any atom is -0.472 e. The number of piperidine rings is 1. The summed E-state index contributed by atoms with van der Waals surface area (Å²) in [5.41, 5.74) is 2.39. The molecule has 0 bridgehead atoms. The van der Waals surface area contributed by atoms with Crippen molar-refractivity contribution in [1.29, 1.82) is 0 Å². The topological polar surface area (TPSA) is 67.8 Å². The quantitative estimate of drug-likeness (QED) is 0.793. The molecular formula is C23H29N3O3. The first kappa shape index (κ1) is 19.7.